The van der Waals surface area contributed by atoms with Crippen LogP contribution in [0.15, 0.2) is 21.8 Å². The fourth-order valence-electron chi connectivity index (χ4n) is 3.69. The zero-order chi connectivity index (χ0) is 31.4. The molecule has 0 aromatic carbocycles. The van der Waals surface area contributed by atoms with Crippen molar-refractivity contribution in [2.24, 2.45) is 11.1 Å². The van der Waals surface area contributed by atoms with E-state index in [0.29, 0.717) is 5.57 Å². The zero-order valence-corrected chi connectivity index (χ0v) is 25.6. The number of nitrogens with one attached hydrogen (secondary N) is 2. The maximum absolute atomic E-state index is 13.5. The van der Waals surface area contributed by atoms with Crippen molar-refractivity contribution >= 4 is 91.5 Å². The summed E-state index contributed by atoms with van der Waals surface area (Å²) in [5, 5.41) is 9.66. The van der Waals surface area contributed by atoms with E-state index in [1.54, 1.807) is 34.6 Å². The molecule has 42 heavy (non-hydrogen) atoms. The van der Waals surface area contributed by atoms with Gasteiger partial charge >= 0.3 is 34.1 Å². The smallest absolute Gasteiger partial charge is 0.413 e. The molecule has 4 radical (unpaired) electrons. The molecule has 1 aromatic heterocycles. The standard InChI is InChI=1S/C23H26B2ClN5O9S2/c1-9(2)15(20(35)39-25)40-30-12(11-8-42-21(27-11)29-22(36)37-23(3,4)5)16(32)28-13-17(33)31-14(19(34)38-24)10(6-26)7-41-18(13)31/h8-9,13,15,18H,6-7H2,1-5H3,(H,28,32)(H,27,29,36)/b30-12-/t13-,15+,18-/m1/s1. The van der Waals surface area contributed by atoms with Gasteiger partial charge in [0.05, 0.1) is 0 Å². The van der Waals surface area contributed by atoms with Crippen LogP contribution in [0.1, 0.15) is 40.3 Å². The minimum Gasteiger partial charge on any atom is -0.541 e. The zero-order valence-electron chi connectivity index (χ0n) is 23.2. The highest BCUT2D eigenvalue weighted by Crippen LogP contribution is 2.41. The largest absolute Gasteiger partial charge is 0.541 e. The molecular formula is C23H26B2ClN5O9S2. The molecule has 0 spiro atoms. The second-order valence-electron chi connectivity index (χ2n) is 10.2. The lowest BCUT2D eigenvalue weighted by molar-refractivity contribution is -0.150. The highest BCUT2D eigenvalue weighted by molar-refractivity contribution is 8.00. The van der Waals surface area contributed by atoms with Crippen molar-refractivity contribution in [1.82, 2.24) is 15.2 Å². The van der Waals surface area contributed by atoms with E-state index in [9.17, 15) is 24.0 Å². The number of ether oxygens (including phenoxy) is 1. The number of hydrogen-bond acceptors (Lipinski definition) is 13. The third-order valence-electron chi connectivity index (χ3n) is 5.58. The van der Waals surface area contributed by atoms with E-state index < -0.39 is 64.6 Å². The van der Waals surface area contributed by atoms with Gasteiger partial charge in [-0.05, 0) is 26.3 Å². The molecule has 0 bridgehead atoms. The van der Waals surface area contributed by atoms with Crippen LogP contribution < -0.4 is 10.6 Å². The van der Waals surface area contributed by atoms with Gasteiger partial charge in [-0.15, -0.1) is 34.7 Å². The average Bonchev–Trinajstić information content (AvgIpc) is 3.38. The number of carbonyl (C=O) groups is 5. The number of aromatic nitrogens is 1. The summed E-state index contributed by atoms with van der Waals surface area (Å²) in [5.41, 5.74) is -0.884. The molecule has 1 saturated heterocycles. The van der Waals surface area contributed by atoms with Crippen molar-refractivity contribution in [3.05, 3.63) is 22.3 Å². The van der Waals surface area contributed by atoms with Crippen LogP contribution in [0.4, 0.5) is 9.93 Å². The Hall–Kier alpha value is -3.24. The number of amides is 3. The van der Waals surface area contributed by atoms with Crippen LogP contribution in [0.2, 0.25) is 0 Å². The topological polar surface area (TPSA) is 175 Å². The van der Waals surface area contributed by atoms with Gasteiger partial charge < -0.3 is 24.2 Å². The van der Waals surface area contributed by atoms with Crippen molar-refractivity contribution in [3.63, 3.8) is 0 Å². The molecule has 19 heteroatoms. The fourth-order valence-corrected chi connectivity index (χ4v) is 6.05. The van der Waals surface area contributed by atoms with Crippen LogP contribution in [-0.4, -0.2) is 96.3 Å². The Kier molecular flexibility index (Phi) is 10.9. The molecule has 3 amide bonds. The summed E-state index contributed by atoms with van der Waals surface area (Å²) in [6.07, 6.45) is -2.06. The number of rotatable bonds is 10. The predicted molar refractivity (Wildman–Crippen MR) is 155 cm³/mol. The number of halogens is 1. The highest BCUT2D eigenvalue weighted by atomic mass is 35.5. The molecule has 0 unspecified atom stereocenters. The normalized spacial score (nSPS) is 19.4. The molecule has 0 aliphatic carbocycles. The second-order valence-corrected chi connectivity index (χ2v) is 12.4. The van der Waals surface area contributed by atoms with E-state index in [0.717, 1.165) is 16.2 Å². The molecular weight excluding hydrogens is 611 g/mol. The number of carbonyl (C=O) groups excluding carboxylic acids is 5. The van der Waals surface area contributed by atoms with Crippen molar-refractivity contribution in [2.45, 2.75) is 57.7 Å². The first-order valence-corrected chi connectivity index (χ1v) is 14.7. The second kappa shape index (κ2) is 13.8. The Morgan fingerprint density at radius 2 is 1.93 bits per heavy atom. The van der Waals surface area contributed by atoms with Crippen LogP contribution in [0.5, 0.6) is 0 Å². The first-order chi connectivity index (χ1) is 19.7. The van der Waals surface area contributed by atoms with Gasteiger partial charge in [0, 0.05) is 22.9 Å². The number of β-lactam (4-membered cyclic amide) rings is 1. The quantitative estimate of drug-likeness (QED) is 0.125. The van der Waals surface area contributed by atoms with Crippen molar-refractivity contribution in [3.8, 4) is 0 Å². The first-order valence-electron chi connectivity index (χ1n) is 12.3. The number of nitrogens with zero attached hydrogens (tertiary/aromatic N) is 3. The fraction of sp³-hybridized carbons (Fsp3) is 0.522. The summed E-state index contributed by atoms with van der Waals surface area (Å²) >= 11 is 8.15. The molecule has 3 heterocycles. The Labute approximate surface area is 257 Å². The minimum absolute atomic E-state index is 0.0369. The molecule has 14 nitrogen and oxygen atoms in total. The SMILES string of the molecule is [B]OC(=O)C1=C(CCl)CS[C@@H]2[C@H](NC(=O)/C(=N\O[C@H](C(=O)O[B])C(C)C)c3csc(NC(=O)OC(C)(C)C)n3)C(=O)N12. The van der Waals surface area contributed by atoms with Gasteiger partial charge in [-0.2, -0.15) is 0 Å². The van der Waals surface area contributed by atoms with Crippen molar-refractivity contribution in [2.75, 3.05) is 16.9 Å². The van der Waals surface area contributed by atoms with Crippen LogP contribution >= 0.6 is 34.7 Å². The highest BCUT2D eigenvalue weighted by Gasteiger charge is 2.54. The molecule has 2 aliphatic heterocycles. The lowest BCUT2D eigenvalue weighted by Gasteiger charge is -2.49. The monoisotopic (exact) mass is 637 g/mol. The molecule has 1 aromatic rings. The van der Waals surface area contributed by atoms with E-state index in [4.69, 9.17) is 37.3 Å². The Bertz CT molecular complexity index is 1320. The maximum atomic E-state index is 13.5. The van der Waals surface area contributed by atoms with Crippen molar-refractivity contribution < 1.29 is 42.9 Å². The molecule has 2 N–H and O–H groups in total. The summed E-state index contributed by atoms with van der Waals surface area (Å²) in [6, 6.07) is -1.09. The van der Waals surface area contributed by atoms with E-state index >= 15 is 0 Å². The number of hydrogen-bond donors (Lipinski definition) is 2. The predicted octanol–water partition coefficient (Wildman–Crippen LogP) is 1.38. The van der Waals surface area contributed by atoms with E-state index in [1.807, 2.05) is 0 Å². The Morgan fingerprint density at radius 1 is 1.24 bits per heavy atom. The number of alkyl halides is 1. The van der Waals surface area contributed by atoms with Crippen LogP contribution in [0, 0.1) is 5.92 Å². The molecule has 1 fully saturated rings. The van der Waals surface area contributed by atoms with Crippen LogP contribution in [0.3, 0.4) is 0 Å². The van der Waals surface area contributed by atoms with Gasteiger partial charge in [0.25, 0.3) is 11.8 Å². The third kappa shape index (κ3) is 7.58. The van der Waals surface area contributed by atoms with Gasteiger partial charge in [0.2, 0.25) is 6.10 Å². The van der Waals surface area contributed by atoms with Crippen LogP contribution in [0.25, 0.3) is 0 Å². The number of thioether (sulfide) groups is 1. The van der Waals surface area contributed by atoms with E-state index in [1.165, 1.54) is 17.1 Å². The Morgan fingerprint density at radius 3 is 2.50 bits per heavy atom. The van der Waals surface area contributed by atoms with Gasteiger partial charge in [0.15, 0.2) is 10.8 Å². The van der Waals surface area contributed by atoms with Crippen molar-refractivity contribution in [1.29, 1.82) is 0 Å². The number of thiazole rings is 1. The lowest BCUT2D eigenvalue weighted by atomic mass is 10.0. The molecule has 0 saturated carbocycles. The van der Waals surface area contributed by atoms with E-state index in [2.05, 4.69) is 30.1 Å². The first kappa shape index (κ1) is 33.3. The molecule has 222 valence electrons. The maximum Gasteiger partial charge on any atom is 0.413 e. The Balaban J connectivity index is 1.87. The summed E-state index contributed by atoms with van der Waals surface area (Å²) in [4.78, 5) is 73.7. The lowest BCUT2D eigenvalue weighted by Crippen LogP contribution is -2.71. The van der Waals surface area contributed by atoms with Gasteiger partial charge in [-0.3, -0.25) is 19.8 Å². The summed E-state index contributed by atoms with van der Waals surface area (Å²) in [6.45, 7) is 8.33. The number of anilines is 1. The van der Waals surface area contributed by atoms with Gasteiger partial charge in [-0.1, -0.05) is 19.0 Å². The molecule has 2 aliphatic rings. The summed E-state index contributed by atoms with van der Waals surface area (Å²) in [7, 11) is 10.0. The minimum atomic E-state index is -1.28. The molecule has 3 atom stereocenters. The number of oxime groups is 1. The molecule has 3 rings (SSSR count). The summed E-state index contributed by atoms with van der Waals surface area (Å²) < 4.78 is 13.8. The average molecular weight is 638 g/mol. The van der Waals surface area contributed by atoms with Crippen LogP contribution in [-0.2, 0) is 38.1 Å². The third-order valence-corrected chi connectivity index (χ3v) is 8.00. The number of fused-ring (bicyclic) bond motifs is 1. The van der Waals surface area contributed by atoms with Gasteiger partial charge in [0.1, 0.15) is 28.4 Å². The van der Waals surface area contributed by atoms with E-state index in [-0.39, 0.29) is 28.2 Å². The summed E-state index contributed by atoms with van der Waals surface area (Å²) in [5.74, 6) is -3.62. The van der Waals surface area contributed by atoms with Gasteiger partial charge in [-0.25, -0.2) is 19.4 Å².